The van der Waals surface area contributed by atoms with E-state index in [0.29, 0.717) is 27.9 Å². The number of nitrogens with zero attached hydrogens (tertiary/aromatic N) is 3. The number of amides is 3. The molecule has 1 fully saturated rings. The number of aliphatic hydroxyl groups is 1. The van der Waals surface area contributed by atoms with E-state index in [2.05, 4.69) is 10.6 Å². The molecule has 5 aromatic rings. The second-order valence-corrected chi connectivity index (χ2v) is 15.9. The van der Waals surface area contributed by atoms with Crippen LogP contribution in [0.3, 0.4) is 0 Å². The number of fused-ring (bicyclic) bond motifs is 8. The molecule has 0 bridgehead atoms. The van der Waals surface area contributed by atoms with Crippen LogP contribution in [0.4, 0.5) is 9.18 Å². The number of aromatic nitrogens is 2. The van der Waals surface area contributed by atoms with Crippen LogP contribution < -0.4 is 16.2 Å². The van der Waals surface area contributed by atoms with Gasteiger partial charge in [0.25, 0.3) is 5.56 Å². The lowest BCUT2D eigenvalue weighted by Gasteiger charge is -2.31. The smallest absolute Gasteiger partial charge is 0.410 e. The van der Waals surface area contributed by atoms with Gasteiger partial charge in [-0.15, -0.1) is 0 Å². The molecule has 2 aliphatic heterocycles. The lowest BCUT2D eigenvalue weighted by molar-refractivity contribution is -0.172. The highest BCUT2D eigenvalue weighted by Crippen LogP contribution is 2.45. The van der Waals surface area contributed by atoms with Crippen molar-refractivity contribution in [2.75, 3.05) is 20.3 Å². The second kappa shape index (κ2) is 15.1. The Labute approximate surface area is 347 Å². The highest BCUT2D eigenvalue weighted by molar-refractivity contribution is 6.31. The van der Waals surface area contributed by atoms with Gasteiger partial charge in [0, 0.05) is 47.3 Å². The summed E-state index contributed by atoms with van der Waals surface area (Å²) in [5, 5.41) is 17.1. The zero-order chi connectivity index (χ0) is 42.0. The number of carbonyl (C=O) groups is 4. The molecule has 2 aromatic heterocycles. The van der Waals surface area contributed by atoms with Crippen molar-refractivity contribution in [3.8, 4) is 22.5 Å². The SMILES string of the molecule is CC[C@@]1(O)C(=O)OCc2c1cc1n(c2=O)Cc2c-1nc1cc(F)c(Cl)cc1c2CNC(=O)[C@@H](OCNC(=O)CN(C)C(=O)OC1c2ccccc2-c2ccccc21)C1CC1. The molecule has 4 heterocycles. The normalized spacial score (nSPS) is 17.8. The Morgan fingerprint density at radius 3 is 2.43 bits per heavy atom. The summed E-state index contributed by atoms with van der Waals surface area (Å²) in [5.74, 6) is -2.65. The van der Waals surface area contributed by atoms with Crippen LogP contribution >= 0.6 is 11.6 Å². The van der Waals surface area contributed by atoms with Crippen molar-refractivity contribution in [2.45, 2.75) is 63.7 Å². The zero-order valence-electron chi connectivity index (χ0n) is 32.6. The molecule has 2 aliphatic carbocycles. The third-order valence-electron chi connectivity index (χ3n) is 11.8. The monoisotopic (exact) mass is 835 g/mol. The average molecular weight is 836 g/mol. The number of pyridine rings is 2. The fraction of sp³-hybridized carbons (Fsp3) is 0.318. The van der Waals surface area contributed by atoms with Crippen molar-refractivity contribution < 1.29 is 42.9 Å². The highest BCUT2D eigenvalue weighted by Gasteiger charge is 2.46. The standard InChI is InChI=1S/C44H39ClFN5O9/c1-3-44(57)31-15-35-37-29(18-51(35)41(54)30(31)20-58-42(44)55)28(27-14-32(45)33(46)16-34(27)49-37)17-47-40(53)38(22-12-13-22)59-21-48-36(52)19-50(2)43(56)60-39-25-10-6-4-8-23(25)24-9-5-7-11-26(24)39/h4-11,14-16,22,38-39,57H,3,12-13,17-21H2,1-2H3,(H,47,53)(H,48,52)/t38-,44-/m0/s1. The Bertz CT molecular complexity index is 2670. The molecule has 4 aliphatic rings. The van der Waals surface area contributed by atoms with Crippen molar-refractivity contribution in [3.63, 3.8) is 0 Å². The number of carbonyl (C=O) groups excluding carboxylic acids is 4. The number of benzene rings is 3. The predicted molar refractivity (Wildman–Crippen MR) is 215 cm³/mol. The first-order valence-corrected chi connectivity index (χ1v) is 20.0. The minimum absolute atomic E-state index is 0.0354. The van der Waals surface area contributed by atoms with Gasteiger partial charge in [-0.05, 0) is 54.0 Å². The molecule has 1 saturated carbocycles. The first-order valence-electron chi connectivity index (χ1n) is 19.6. The van der Waals surface area contributed by atoms with Crippen LogP contribution in [0, 0.1) is 11.7 Å². The van der Waals surface area contributed by atoms with Crippen LogP contribution in [0.5, 0.6) is 0 Å². The van der Waals surface area contributed by atoms with Crippen LogP contribution in [-0.4, -0.2) is 69.9 Å². The molecule has 9 rings (SSSR count). The van der Waals surface area contributed by atoms with Gasteiger partial charge in [-0.3, -0.25) is 14.4 Å². The van der Waals surface area contributed by atoms with Gasteiger partial charge in [0.2, 0.25) is 11.8 Å². The summed E-state index contributed by atoms with van der Waals surface area (Å²) in [5.41, 5.74) is 3.43. The number of hydrogen-bond donors (Lipinski definition) is 3. The first kappa shape index (κ1) is 39.3. The zero-order valence-corrected chi connectivity index (χ0v) is 33.3. The fourth-order valence-corrected chi connectivity index (χ4v) is 8.60. The molecule has 3 N–H and O–H groups in total. The van der Waals surface area contributed by atoms with Crippen LogP contribution in [0.1, 0.15) is 65.7 Å². The Morgan fingerprint density at radius 1 is 1.05 bits per heavy atom. The van der Waals surface area contributed by atoms with Crippen molar-refractivity contribution in [1.82, 2.24) is 25.1 Å². The number of likely N-dealkylation sites (N-methyl/N-ethyl adjacent to an activating group) is 1. The third kappa shape index (κ3) is 6.66. The van der Waals surface area contributed by atoms with E-state index >= 15 is 0 Å². The maximum atomic E-state index is 14.8. The number of esters is 1. The second-order valence-electron chi connectivity index (χ2n) is 15.5. The average Bonchev–Trinajstić information content (AvgIpc) is 3.95. The van der Waals surface area contributed by atoms with E-state index in [4.69, 9.17) is 30.8 Å². The molecular formula is C44H39ClFN5O9. The quantitative estimate of drug-likeness (QED) is 0.116. The number of cyclic esters (lactones) is 1. The molecule has 2 atom stereocenters. The summed E-state index contributed by atoms with van der Waals surface area (Å²) < 4.78 is 33.3. The van der Waals surface area contributed by atoms with Crippen molar-refractivity contribution in [3.05, 3.63) is 121 Å². The number of halogens is 2. The lowest BCUT2D eigenvalue weighted by Crippen LogP contribution is -2.44. The lowest BCUT2D eigenvalue weighted by atomic mass is 9.86. The van der Waals surface area contributed by atoms with E-state index in [1.807, 2.05) is 48.5 Å². The topological polar surface area (TPSA) is 178 Å². The molecule has 3 aromatic carbocycles. The summed E-state index contributed by atoms with van der Waals surface area (Å²) in [7, 11) is 1.46. The number of rotatable bonds is 11. The molecular weight excluding hydrogens is 797 g/mol. The van der Waals surface area contributed by atoms with Crippen molar-refractivity contribution in [2.24, 2.45) is 5.92 Å². The molecule has 14 nitrogen and oxygen atoms in total. The maximum Gasteiger partial charge on any atom is 0.410 e. The largest absolute Gasteiger partial charge is 0.458 e. The molecule has 0 unspecified atom stereocenters. The maximum absolute atomic E-state index is 14.8. The summed E-state index contributed by atoms with van der Waals surface area (Å²) in [6.07, 6.45) is -0.795. The summed E-state index contributed by atoms with van der Waals surface area (Å²) in [4.78, 5) is 72.2. The number of hydrogen-bond acceptors (Lipinski definition) is 10. The highest BCUT2D eigenvalue weighted by atomic mass is 35.5. The Balaban J connectivity index is 0.878. The molecule has 16 heteroatoms. The molecule has 0 radical (unpaired) electrons. The fourth-order valence-electron chi connectivity index (χ4n) is 8.43. The van der Waals surface area contributed by atoms with Gasteiger partial charge in [0.15, 0.2) is 11.7 Å². The van der Waals surface area contributed by atoms with Gasteiger partial charge in [-0.2, -0.15) is 0 Å². The van der Waals surface area contributed by atoms with Gasteiger partial charge in [-0.1, -0.05) is 67.1 Å². The van der Waals surface area contributed by atoms with E-state index < -0.39 is 53.1 Å². The third-order valence-corrected chi connectivity index (χ3v) is 12.1. The minimum atomic E-state index is -2.03. The molecule has 0 spiro atoms. The predicted octanol–water partition coefficient (Wildman–Crippen LogP) is 5.20. The van der Waals surface area contributed by atoms with Gasteiger partial charge < -0.3 is 39.4 Å². The summed E-state index contributed by atoms with van der Waals surface area (Å²) >= 11 is 6.24. The van der Waals surface area contributed by atoms with Gasteiger partial charge in [-0.25, -0.2) is 19.0 Å². The van der Waals surface area contributed by atoms with Crippen molar-refractivity contribution in [1.29, 1.82) is 0 Å². The van der Waals surface area contributed by atoms with E-state index in [9.17, 15) is 33.5 Å². The molecule has 308 valence electrons. The van der Waals surface area contributed by atoms with E-state index in [-0.39, 0.29) is 67.0 Å². The van der Waals surface area contributed by atoms with Crippen molar-refractivity contribution >= 4 is 46.4 Å². The van der Waals surface area contributed by atoms with E-state index in [1.165, 1.54) is 28.6 Å². The Morgan fingerprint density at radius 2 is 1.75 bits per heavy atom. The van der Waals surface area contributed by atoms with Gasteiger partial charge in [0.1, 0.15) is 31.8 Å². The van der Waals surface area contributed by atoms with Crippen LogP contribution in [0.2, 0.25) is 5.02 Å². The van der Waals surface area contributed by atoms with Gasteiger partial charge in [0.05, 0.1) is 34.0 Å². The van der Waals surface area contributed by atoms with E-state index in [0.717, 1.165) is 35.1 Å². The number of nitrogens with one attached hydrogen (secondary N) is 2. The molecule has 3 amide bonds. The van der Waals surface area contributed by atoms with Crippen LogP contribution in [0.15, 0.2) is 71.5 Å². The van der Waals surface area contributed by atoms with Gasteiger partial charge >= 0.3 is 12.1 Å². The number of ether oxygens (including phenoxy) is 3. The van der Waals surface area contributed by atoms with Crippen LogP contribution in [0.25, 0.3) is 33.4 Å². The van der Waals surface area contributed by atoms with E-state index in [1.54, 1.807) is 13.0 Å². The van der Waals surface area contributed by atoms with Crippen LogP contribution in [-0.2, 0) is 53.9 Å². The Hall–Kier alpha value is -6.16. The minimum Gasteiger partial charge on any atom is -0.458 e. The first-order chi connectivity index (χ1) is 28.9. The Kier molecular flexibility index (Phi) is 9.92. The summed E-state index contributed by atoms with van der Waals surface area (Å²) in [6, 6.07) is 19.5. The molecule has 0 saturated heterocycles. The summed E-state index contributed by atoms with van der Waals surface area (Å²) in [6.45, 7) is 0.638. The molecule has 60 heavy (non-hydrogen) atoms.